The lowest BCUT2D eigenvalue weighted by Gasteiger charge is -2.23. The summed E-state index contributed by atoms with van der Waals surface area (Å²) >= 11 is 0. The number of ether oxygens (including phenoxy) is 1. The minimum Gasteiger partial charge on any atom is -0.497 e. The van der Waals surface area contributed by atoms with Crippen LogP contribution in [-0.4, -0.2) is 33.1 Å². The highest BCUT2D eigenvalue weighted by molar-refractivity contribution is 7.92. The van der Waals surface area contributed by atoms with Crippen LogP contribution in [0.3, 0.4) is 0 Å². The van der Waals surface area contributed by atoms with E-state index >= 15 is 0 Å². The molecule has 0 aliphatic heterocycles. The molecule has 2 aromatic carbocycles. The van der Waals surface area contributed by atoms with Crippen molar-refractivity contribution in [3.8, 4) is 5.75 Å². The zero-order chi connectivity index (χ0) is 17.9. The number of hydrogen-bond donors (Lipinski definition) is 1. The zero-order valence-corrected chi connectivity index (χ0v) is 14.5. The summed E-state index contributed by atoms with van der Waals surface area (Å²) in [5.74, 6) is -0.713. The maximum atomic E-state index is 12.9. The number of hydrogen-bond acceptors (Lipinski definition) is 4. The molecule has 2 aromatic rings. The molecule has 0 aliphatic carbocycles. The Bertz CT molecular complexity index is 844. The van der Waals surface area contributed by atoms with E-state index in [0.29, 0.717) is 11.4 Å². The highest BCUT2D eigenvalue weighted by Crippen LogP contribution is 2.26. The van der Waals surface area contributed by atoms with Gasteiger partial charge in [0, 0.05) is 0 Å². The highest BCUT2D eigenvalue weighted by Gasteiger charge is 2.27. The van der Waals surface area contributed by atoms with Crippen molar-refractivity contribution in [1.82, 2.24) is 0 Å². The second-order valence-corrected chi connectivity index (χ2v) is 7.21. The Morgan fingerprint density at radius 3 is 2.21 bits per heavy atom. The Kier molecular flexibility index (Phi) is 5.14. The number of benzene rings is 2. The largest absolute Gasteiger partial charge is 0.497 e. The Morgan fingerprint density at radius 2 is 1.71 bits per heavy atom. The third-order valence-corrected chi connectivity index (χ3v) is 5.49. The van der Waals surface area contributed by atoms with Gasteiger partial charge in [0.25, 0.3) is 10.0 Å². The van der Waals surface area contributed by atoms with Crippen LogP contribution in [0.15, 0.2) is 47.4 Å². The first-order valence-corrected chi connectivity index (χ1v) is 8.65. The van der Waals surface area contributed by atoms with Crippen LogP contribution in [0.4, 0.5) is 5.69 Å². The molecule has 2 rings (SSSR count). The summed E-state index contributed by atoms with van der Waals surface area (Å²) in [6, 6.07) is 10.9. The van der Waals surface area contributed by atoms with Crippen molar-refractivity contribution in [1.29, 1.82) is 0 Å². The van der Waals surface area contributed by atoms with Gasteiger partial charge in [0.15, 0.2) is 0 Å². The minimum atomic E-state index is -4.01. The minimum absolute atomic E-state index is 0.00257. The number of methoxy groups -OCH3 is 1. The van der Waals surface area contributed by atoms with Crippen LogP contribution in [-0.2, 0) is 14.8 Å². The molecule has 0 spiro atoms. The number of rotatable bonds is 6. The normalized spacial score (nSPS) is 11.1. The van der Waals surface area contributed by atoms with Crippen molar-refractivity contribution in [2.45, 2.75) is 18.7 Å². The van der Waals surface area contributed by atoms with E-state index in [1.807, 2.05) is 13.8 Å². The van der Waals surface area contributed by atoms with Crippen LogP contribution in [0.2, 0.25) is 0 Å². The molecule has 24 heavy (non-hydrogen) atoms. The van der Waals surface area contributed by atoms with Gasteiger partial charge in [0.05, 0.1) is 17.7 Å². The first-order chi connectivity index (χ1) is 11.3. The number of nitrogens with zero attached hydrogens (tertiary/aromatic N) is 1. The predicted octanol–water partition coefficient (Wildman–Crippen LogP) is 2.59. The lowest BCUT2D eigenvalue weighted by Crippen LogP contribution is -2.35. The van der Waals surface area contributed by atoms with Crippen LogP contribution in [0.25, 0.3) is 0 Å². The molecule has 0 saturated heterocycles. The van der Waals surface area contributed by atoms with Crippen LogP contribution < -0.4 is 9.04 Å². The van der Waals surface area contributed by atoms with Gasteiger partial charge in [0.2, 0.25) is 0 Å². The van der Waals surface area contributed by atoms with E-state index in [1.54, 1.807) is 18.2 Å². The summed E-state index contributed by atoms with van der Waals surface area (Å²) in [5, 5.41) is 9.14. The van der Waals surface area contributed by atoms with Crippen molar-refractivity contribution in [3.05, 3.63) is 53.6 Å². The van der Waals surface area contributed by atoms with Crippen molar-refractivity contribution >= 4 is 21.7 Å². The van der Waals surface area contributed by atoms with Gasteiger partial charge in [-0.25, -0.2) is 8.42 Å². The van der Waals surface area contributed by atoms with Crippen LogP contribution in [0.1, 0.15) is 11.1 Å². The summed E-state index contributed by atoms with van der Waals surface area (Å²) in [5.41, 5.74) is 2.19. The molecule has 128 valence electrons. The average molecular weight is 349 g/mol. The Labute approximate surface area is 141 Å². The van der Waals surface area contributed by atoms with Gasteiger partial charge >= 0.3 is 5.97 Å². The number of carboxylic acids is 1. The molecular formula is C17H19NO5S. The van der Waals surface area contributed by atoms with Crippen molar-refractivity contribution < 1.29 is 23.1 Å². The summed E-state index contributed by atoms with van der Waals surface area (Å²) < 4.78 is 31.7. The molecule has 0 atom stereocenters. The SMILES string of the molecule is COc1ccc(S(=O)(=O)N(CC(=O)O)c2ccc(C)c(C)c2)cc1. The zero-order valence-electron chi connectivity index (χ0n) is 13.7. The van der Waals surface area contributed by atoms with E-state index in [0.717, 1.165) is 15.4 Å². The summed E-state index contributed by atoms with van der Waals surface area (Å²) in [4.78, 5) is 11.2. The third kappa shape index (κ3) is 3.68. The van der Waals surface area contributed by atoms with E-state index in [1.165, 1.54) is 31.4 Å². The fourth-order valence-corrected chi connectivity index (χ4v) is 3.60. The highest BCUT2D eigenvalue weighted by atomic mass is 32.2. The average Bonchev–Trinajstić information content (AvgIpc) is 2.55. The van der Waals surface area contributed by atoms with Crippen LogP contribution in [0.5, 0.6) is 5.75 Å². The second kappa shape index (κ2) is 6.92. The molecule has 0 amide bonds. The molecule has 0 aliphatic rings. The van der Waals surface area contributed by atoms with E-state index in [4.69, 9.17) is 9.84 Å². The Balaban J connectivity index is 2.52. The standard InChI is InChI=1S/C17H19NO5S/c1-12-4-5-14(10-13(12)2)18(11-17(19)20)24(21,22)16-8-6-15(23-3)7-9-16/h4-10H,11H2,1-3H3,(H,19,20). The molecule has 0 heterocycles. The fourth-order valence-electron chi connectivity index (χ4n) is 2.19. The number of sulfonamides is 1. The van der Waals surface area contributed by atoms with Gasteiger partial charge in [-0.05, 0) is 61.4 Å². The van der Waals surface area contributed by atoms with E-state index in [-0.39, 0.29) is 4.90 Å². The number of carboxylic acid groups (broad SMARTS) is 1. The van der Waals surface area contributed by atoms with Crippen molar-refractivity contribution in [2.24, 2.45) is 0 Å². The van der Waals surface area contributed by atoms with Crippen LogP contribution >= 0.6 is 0 Å². The second-order valence-electron chi connectivity index (χ2n) is 5.35. The Morgan fingerprint density at radius 1 is 1.08 bits per heavy atom. The number of aliphatic carboxylic acids is 1. The van der Waals surface area contributed by atoms with Crippen molar-refractivity contribution in [3.63, 3.8) is 0 Å². The first-order valence-electron chi connectivity index (χ1n) is 7.21. The monoisotopic (exact) mass is 349 g/mol. The third-order valence-electron chi connectivity index (χ3n) is 3.70. The molecule has 0 fully saturated rings. The molecule has 0 saturated carbocycles. The quantitative estimate of drug-likeness (QED) is 0.866. The van der Waals surface area contributed by atoms with Gasteiger partial charge in [-0.15, -0.1) is 0 Å². The molecule has 1 N–H and O–H groups in total. The lowest BCUT2D eigenvalue weighted by molar-refractivity contribution is -0.135. The lowest BCUT2D eigenvalue weighted by atomic mass is 10.1. The number of carbonyl (C=O) groups is 1. The molecule has 0 unspecified atom stereocenters. The van der Waals surface area contributed by atoms with E-state index in [9.17, 15) is 13.2 Å². The number of anilines is 1. The molecule has 0 radical (unpaired) electrons. The van der Waals surface area contributed by atoms with Gasteiger partial charge < -0.3 is 9.84 Å². The first kappa shape index (κ1) is 17.8. The van der Waals surface area contributed by atoms with Crippen molar-refractivity contribution in [2.75, 3.05) is 18.0 Å². The van der Waals surface area contributed by atoms with E-state index < -0.39 is 22.5 Å². The summed E-state index contributed by atoms with van der Waals surface area (Å²) in [6.45, 7) is 3.09. The van der Waals surface area contributed by atoms with E-state index in [2.05, 4.69) is 0 Å². The van der Waals surface area contributed by atoms with Crippen LogP contribution in [0, 0.1) is 13.8 Å². The van der Waals surface area contributed by atoms with Gasteiger partial charge in [-0.1, -0.05) is 6.07 Å². The maximum absolute atomic E-state index is 12.9. The van der Waals surface area contributed by atoms with Gasteiger partial charge in [0.1, 0.15) is 12.3 Å². The molecule has 7 heteroatoms. The predicted molar refractivity (Wildman–Crippen MR) is 91.1 cm³/mol. The summed E-state index contributed by atoms with van der Waals surface area (Å²) in [6.07, 6.45) is 0. The van der Waals surface area contributed by atoms with Gasteiger partial charge in [-0.3, -0.25) is 9.10 Å². The molecular weight excluding hydrogens is 330 g/mol. The Hall–Kier alpha value is -2.54. The summed E-state index contributed by atoms with van der Waals surface area (Å²) in [7, 11) is -2.53. The molecule has 0 bridgehead atoms. The molecule has 0 aromatic heterocycles. The molecule has 6 nitrogen and oxygen atoms in total. The maximum Gasteiger partial charge on any atom is 0.324 e. The fraction of sp³-hybridized carbons (Fsp3) is 0.235. The number of aryl methyl sites for hydroxylation is 2. The smallest absolute Gasteiger partial charge is 0.324 e. The topological polar surface area (TPSA) is 83.9 Å². The van der Waals surface area contributed by atoms with Gasteiger partial charge in [-0.2, -0.15) is 0 Å².